The first-order chi connectivity index (χ1) is 9.51. The molecule has 0 aliphatic carbocycles. The van der Waals surface area contributed by atoms with Gasteiger partial charge in [-0.25, -0.2) is 4.39 Å². The number of aliphatic hydroxyl groups is 1. The topological polar surface area (TPSA) is 47.3 Å². The maximum Gasteiger partial charge on any atom is 0.130 e. The molecule has 1 heterocycles. The summed E-state index contributed by atoms with van der Waals surface area (Å²) in [7, 11) is 1.85. The molecule has 0 radical (unpaired) electrons. The molecule has 2 rings (SSSR count). The number of hydrogen-bond donors (Lipinski definition) is 1. The molecule has 2 aromatic rings. The molecule has 0 unspecified atom stereocenters. The summed E-state index contributed by atoms with van der Waals surface area (Å²) in [6.07, 6.45) is 0.149. The number of aliphatic hydroxyl groups excluding tert-OH is 1. The highest BCUT2D eigenvalue weighted by atomic mass is 19.1. The molecule has 0 saturated heterocycles. The molecule has 4 nitrogen and oxygen atoms in total. The molecule has 1 atom stereocenters. The van der Waals surface area contributed by atoms with Crippen molar-refractivity contribution in [3.05, 3.63) is 47.0 Å². The number of aromatic nitrogens is 2. The van der Waals surface area contributed by atoms with E-state index in [1.807, 2.05) is 20.0 Å². The zero-order chi connectivity index (χ0) is 14.7. The highest BCUT2D eigenvalue weighted by Gasteiger charge is 2.12. The van der Waals surface area contributed by atoms with Gasteiger partial charge in [0.2, 0.25) is 0 Å². The molecule has 0 fully saturated rings. The van der Waals surface area contributed by atoms with Crippen molar-refractivity contribution in [2.75, 3.05) is 0 Å². The van der Waals surface area contributed by atoms with Crippen LogP contribution in [-0.2, 0) is 20.1 Å². The van der Waals surface area contributed by atoms with Gasteiger partial charge in [-0.15, -0.1) is 0 Å². The van der Waals surface area contributed by atoms with Crippen LogP contribution in [-0.4, -0.2) is 14.9 Å². The number of halogens is 1. The maximum absolute atomic E-state index is 13.3. The molecule has 0 saturated carbocycles. The van der Waals surface area contributed by atoms with Gasteiger partial charge in [-0.2, -0.15) is 5.10 Å². The van der Waals surface area contributed by atoms with Gasteiger partial charge in [-0.3, -0.25) is 4.68 Å². The molecular weight excluding hydrogens is 259 g/mol. The lowest BCUT2D eigenvalue weighted by molar-refractivity contribution is 0.189. The van der Waals surface area contributed by atoms with E-state index in [1.54, 1.807) is 11.6 Å². The lowest BCUT2D eigenvalue weighted by Gasteiger charge is -2.13. The van der Waals surface area contributed by atoms with Gasteiger partial charge in [0.15, 0.2) is 0 Å². The third-order valence-electron chi connectivity index (χ3n) is 3.19. The Balaban J connectivity index is 2.17. The first-order valence-electron chi connectivity index (χ1n) is 6.63. The molecule has 20 heavy (non-hydrogen) atoms. The molecule has 1 aromatic carbocycles. The summed E-state index contributed by atoms with van der Waals surface area (Å²) in [4.78, 5) is 0. The van der Waals surface area contributed by atoms with Crippen molar-refractivity contribution >= 4 is 0 Å². The van der Waals surface area contributed by atoms with Crippen LogP contribution >= 0.6 is 0 Å². The molecule has 0 amide bonds. The van der Waals surface area contributed by atoms with E-state index in [2.05, 4.69) is 5.10 Å². The Morgan fingerprint density at radius 2 is 2.15 bits per heavy atom. The minimum Gasteiger partial charge on any atom is -0.487 e. The maximum atomic E-state index is 13.3. The summed E-state index contributed by atoms with van der Waals surface area (Å²) in [5, 5.41) is 14.0. The van der Waals surface area contributed by atoms with Crippen molar-refractivity contribution in [3.8, 4) is 5.75 Å². The van der Waals surface area contributed by atoms with Crippen molar-refractivity contribution in [3.63, 3.8) is 0 Å². The average Bonchev–Trinajstić information content (AvgIpc) is 2.76. The van der Waals surface area contributed by atoms with E-state index in [9.17, 15) is 9.50 Å². The van der Waals surface area contributed by atoms with Gasteiger partial charge in [0.05, 0.1) is 17.5 Å². The fraction of sp³-hybridized carbons (Fsp3) is 0.400. The Morgan fingerprint density at radius 1 is 1.40 bits per heavy atom. The summed E-state index contributed by atoms with van der Waals surface area (Å²) < 4.78 is 20.7. The molecule has 0 aliphatic rings. The standard InChI is InChI=1S/C15H19FN2O2/c1-4-12-8-13(18(3)17-12)9-20-15-7-11(16)5-6-14(15)10(2)19/h5-8,10,19H,4,9H2,1-3H3/t10-/m0/s1. The van der Waals surface area contributed by atoms with Gasteiger partial charge in [0.1, 0.15) is 18.2 Å². The number of ether oxygens (including phenoxy) is 1. The quantitative estimate of drug-likeness (QED) is 0.914. The fourth-order valence-electron chi connectivity index (χ4n) is 2.01. The molecular formula is C15H19FN2O2. The molecule has 5 heteroatoms. The Hall–Kier alpha value is -1.88. The van der Waals surface area contributed by atoms with Crippen molar-refractivity contribution < 1.29 is 14.2 Å². The second-order valence-corrected chi connectivity index (χ2v) is 4.75. The van der Waals surface area contributed by atoms with E-state index >= 15 is 0 Å². The average molecular weight is 278 g/mol. The first kappa shape index (κ1) is 14.5. The molecule has 108 valence electrons. The van der Waals surface area contributed by atoms with Gasteiger partial charge in [0, 0.05) is 18.7 Å². The van der Waals surface area contributed by atoms with E-state index < -0.39 is 6.10 Å². The minimum absolute atomic E-state index is 0.284. The summed E-state index contributed by atoms with van der Waals surface area (Å²) in [5.41, 5.74) is 2.47. The normalized spacial score (nSPS) is 12.4. The highest BCUT2D eigenvalue weighted by Crippen LogP contribution is 2.26. The van der Waals surface area contributed by atoms with Gasteiger partial charge >= 0.3 is 0 Å². The SMILES string of the molecule is CCc1cc(COc2cc(F)ccc2[C@H](C)O)n(C)n1. The van der Waals surface area contributed by atoms with Crippen LogP contribution in [0.15, 0.2) is 24.3 Å². The van der Waals surface area contributed by atoms with E-state index in [0.29, 0.717) is 11.3 Å². The second-order valence-electron chi connectivity index (χ2n) is 4.75. The van der Waals surface area contributed by atoms with E-state index in [0.717, 1.165) is 17.8 Å². The van der Waals surface area contributed by atoms with Gasteiger partial charge < -0.3 is 9.84 Å². The zero-order valence-electron chi connectivity index (χ0n) is 11.9. The highest BCUT2D eigenvalue weighted by molar-refractivity contribution is 5.35. The van der Waals surface area contributed by atoms with Crippen LogP contribution < -0.4 is 4.74 Å². The number of nitrogens with zero attached hydrogens (tertiary/aromatic N) is 2. The Bertz CT molecular complexity index is 594. The van der Waals surface area contributed by atoms with Gasteiger partial charge in [-0.1, -0.05) is 6.92 Å². The van der Waals surface area contributed by atoms with Crippen LogP contribution in [0.4, 0.5) is 4.39 Å². The molecule has 0 spiro atoms. The van der Waals surface area contributed by atoms with E-state index in [4.69, 9.17) is 4.74 Å². The van der Waals surface area contributed by atoms with Crippen LogP contribution in [0.5, 0.6) is 5.75 Å². The number of hydrogen-bond acceptors (Lipinski definition) is 3. The molecule has 0 aliphatic heterocycles. The smallest absolute Gasteiger partial charge is 0.130 e. The summed E-state index contributed by atoms with van der Waals surface area (Å²) >= 11 is 0. The minimum atomic E-state index is -0.705. The monoisotopic (exact) mass is 278 g/mol. The van der Waals surface area contributed by atoms with Crippen LogP contribution in [0.2, 0.25) is 0 Å². The largest absolute Gasteiger partial charge is 0.487 e. The van der Waals surface area contributed by atoms with Crippen molar-refractivity contribution in [2.24, 2.45) is 7.05 Å². The number of aryl methyl sites for hydroxylation is 2. The Morgan fingerprint density at radius 3 is 2.75 bits per heavy atom. The third-order valence-corrected chi connectivity index (χ3v) is 3.19. The lowest BCUT2D eigenvalue weighted by atomic mass is 10.1. The van der Waals surface area contributed by atoms with E-state index in [1.165, 1.54) is 18.2 Å². The zero-order valence-corrected chi connectivity index (χ0v) is 11.9. The van der Waals surface area contributed by atoms with Crippen molar-refractivity contribution in [2.45, 2.75) is 33.0 Å². The van der Waals surface area contributed by atoms with Crippen molar-refractivity contribution in [1.82, 2.24) is 9.78 Å². The first-order valence-corrected chi connectivity index (χ1v) is 6.63. The van der Waals surface area contributed by atoms with E-state index in [-0.39, 0.29) is 12.4 Å². The van der Waals surface area contributed by atoms with Crippen LogP contribution in [0.25, 0.3) is 0 Å². The van der Waals surface area contributed by atoms with Gasteiger partial charge in [-0.05, 0) is 31.5 Å². The predicted octanol–water partition coefficient (Wildman–Crippen LogP) is 2.75. The fourth-order valence-corrected chi connectivity index (χ4v) is 2.01. The molecule has 0 bridgehead atoms. The van der Waals surface area contributed by atoms with Crippen LogP contribution in [0.3, 0.4) is 0 Å². The number of rotatable bonds is 5. The third kappa shape index (κ3) is 3.17. The number of benzene rings is 1. The molecule has 1 N–H and O–H groups in total. The van der Waals surface area contributed by atoms with Crippen LogP contribution in [0, 0.1) is 5.82 Å². The Labute approximate surface area is 117 Å². The van der Waals surface area contributed by atoms with Crippen molar-refractivity contribution in [1.29, 1.82) is 0 Å². The summed E-state index contributed by atoms with van der Waals surface area (Å²) in [6.45, 7) is 3.94. The van der Waals surface area contributed by atoms with Crippen LogP contribution in [0.1, 0.15) is 36.9 Å². The Kier molecular flexibility index (Phi) is 4.39. The predicted molar refractivity (Wildman–Crippen MR) is 74.0 cm³/mol. The lowest BCUT2D eigenvalue weighted by Crippen LogP contribution is -2.05. The van der Waals surface area contributed by atoms with Gasteiger partial charge in [0.25, 0.3) is 0 Å². The second kappa shape index (κ2) is 6.05. The summed E-state index contributed by atoms with van der Waals surface area (Å²) in [6, 6.07) is 6.10. The summed E-state index contributed by atoms with van der Waals surface area (Å²) in [5.74, 6) is -0.0251. The molecule has 1 aromatic heterocycles.